The van der Waals surface area contributed by atoms with E-state index in [9.17, 15) is 0 Å². The van der Waals surface area contributed by atoms with E-state index in [1.807, 2.05) is 30.3 Å². The number of para-hydroxylation sites is 1. The summed E-state index contributed by atoms with van der Waals surface area (Å²) in [6.45, 7) is 2.29. The van der Waals surface area contributed by atoms with Gasteiger partial charge in [0, 0.05) is 0 Å². The summed E-state index contributed by atoms with van der Waals surface area (Å²) < 4.78 is 5.95. The Morgan fingerprint density at radius 1 is 1.07 bits per heavy atom. The van der Waals surface area contributed by atoms with E-state index in [4.69, 9.17) is 4.74 Å². The van der Waals surface area contributed by atoms with Crippen LogP contribution >= 0.6 is 0 Å². The zero-order chi connectivity index (χ0) is 10.5. The topological polar surface area (TPSA) is 9.23 Å². The molecule has 82 valence electrons. The fourth-order valence-corrected chi connectivity index (χ4v) is 2.35. The molecule has 0 spiro atoms. The van der Waals surface area contributed by atoms with Crippen LogP contribution < -0.4 is 4.74 Å². The number of ether oxygens (including phenoxy) is 1. The maximum atomic E-state index is 5.95. The third-order valence-corrected chi connectivity index (χ3v) is 3.42. The zero-order valence-corrected chi connectivity index (χ0v) is 9.49. The Balaban J connectivity index is 1.82. The average molecular weight is 204 g/mol. The molecule has 1 aromatic rings. The van der Waals surface area contributed by atoms with Crippen LogP contribution in [0.15, 0.2) is 30.3 Å². The molecule has 1 heteroatoms. The molecule has 0 N–H and O–H groups in total. The Morgan fingerprint density at radius 2 is 1.73 bits per heavy atom. The van der Waals surface area contributed by atoms with E-state index in [1.54, 1.807) is 0 Å². The lowest BCUT2D eigenvalue weighted by molar-refractivity contribution is 0.130. The Bertz CT molecular complexity index is 273. The van der Waals surface area contributed by atoms with Gasteiger partial charge in [-0.05, 0) is 43.7 Å². The Morgan fingerprint density at radius 3 is 2.33 bits per heavy atom. The summed E-state index contributed by atoms with van der Waals surface area (Å²) in [6.07, 6.45) is 6.93. The van der Waals surface area contributed by atoms with Crippen molar-refractivity contribution in [2.45, 2.75) is 45.1 Å². The zero-order valence-electron chi connectivity index (χ0n) is 9.49. The molecule has 0 heterocycles. The van der Waals surface area contributed by atoms with Crippen molar-refractivity contribution in [3.63, 3.8) is 0 Å². The third kappa shape index (κ3) is 2.98. The molecule has 0 atom stereocenters. The van der Waals surface area contributed by atoms with Crippen molar-refractivity contribution in [1.29, 1.82) is 0 Å². The van der Waals surface area contributed by atoms with E-state index in [1.165, 1.54) is 32.1 Å². The van der Waals surface area contributed by atoms with Crippen LogP contribution in [0.4, 0.5) is 0 Å². The van der Waals surface area contributed by atoms with Crippen LogP contribution in [0.5, 0.6) is 5.75 Å². The van der Waals surface area contributed by atoms with E-state index >= 15 is 0 Å². The first-order valence-electron chi connectivity index (χ1n) is 6.10. The lowest BCUT2D eigenvalue weighted by atomic mass is 9.86. The monoisotopic (exact) mass is 204 g/mol. The number of benzene rings is 1. The van der Waals surface area contributed by atoms with Crippen molar-refractivity contribution in [3.8, 4) is 5.75 Å². The minimum absolute atomic E-state index is 0.454. The first-order valence-corrected chi connectivity index (χ1v) is 6.10. The predicted octanol–water partition coefficient (Wildman–Crippen LogP) is 4.03. The highest BCUT2D eigenvalue weighted by atomic mass is 16.5. The number of hydrogen-bond acceptors (Lipinski definition) is 1. The van der Waals surface area contributed by atoms with Crippen molar-refractivity contribution >= 4 is 0 Å². The molecule has 1 fully saturated rings. The smallest absolute Gasteiger partial charge is 0.119 e. The summed E-state index contributed by atoms with van der Waals surface area (Å²) in [4.78, 5) is 0. The molecule has 1 saturated carbocycles. The molecule has 1 aromatic carbocycles. The van der Waals surface area contributed by atoms with Crippen LogP contribution in [-0.2, 0) is 0 Å². The van der Waals surface area contributed by atoms with Gasteiger partial charge in [0.25, 0.3) is 0 Å². The maximum absolute atomic E-state index is 5.95. The third-order valence-electron chi connectivity index (χ3n) is 3.42. The minimum atomic E-state index is 0.454. The highest BCUT2D eigenvalue weighted by Crippen LogP contribution is 2.29. The van der Waals surface area contributed by atoms with Crippen molar-refractivity contribution in [2.24, 2.45) is 5.92 Å². The quantitative estimate of drug-likeness (QED) is 0.722. The molecule has 1 aliphatic rings. The highest BCUT2D eigenvalue weighted by molar-refractivity contribution is 5.21. The van der Waals surface area contributed by atoms with E-state index in [2.05, 4.69) is 6.92 Å². The van der Waals surface area contributed by atoms with Crippen LogP contribution in [0.1, 0.15) is 39.0 Å². The van der Waals surface area contributed by atoms with Gasteiger partial charge in [-0.3, -0.25) is 0 Å². The molecule has 0 unspecified atom stereocenters. The average Bonchev–Trinajstić information content (AvgIpc) is 2.31. The molecule has 1 nitrogen and oxygen atoms in total. The second-order valence-electron chi connectivity index (χ2n) is 4.48. The predicted molar refractivity (Wildman–Crippen MR) is 63.1 cm³/mol. The fourth-order valence-electron chi connectivity index (χ4n) is 2.35. The van der Waals surface area contributed by atoms with E-state index in [0.717, 1.165) is 11.7 Å². The fraction of sp³-hybridized carbons (Fsp3) is 0.571. The normalized spacial score (nSPS) is 26.2. The Kier molecular flexibility index (Phi) is 3.65. The summed E-state index contributed by atoms with van der Waals surface area (Å²) in [5.41, 5.74) is 0. The van der Waals surface area contributed by atoms with Gasteiger partial charge in [-0.25, -0.2) is 0 Å². The summed E-state index contributed by atoms with van der Waals surface area (Å²) in [5.74, 6) is 1.97. The van der Waals surface area contributed by atoms with Crippen molar-refractivity contribution in [2.75, 3.05) is 0 Å². The molecule has 0 aromatic heterocycles. The number of rotatable bonds is 3. The first-order chi connectivity index (χ1) is 7.38. The van der Waals surface area contributed by atoms with Gasteiger partial charge >= 0.3 is 0 Å². The van der Waals surface area contributed by atoms with E-state index < -0.39 is 0 Å². The molecule has 1 aliphatic carbocycles. The van der Waals surface area contributed by atoms with Crippen molar-refractivity contribution in [1.82, 2.24) is 0 Å². The SMILES string of the molecule is CCC1CCC(Oc2ccccc2)CC1. The van der Waals surface area contributed by atoms with Gasteiger partial charge < -0.3 is 4.74 Å². The molecule has 0 radical (unpaired) electrons. The second kappa shape index (κ2) is 5.20. The molecule has 0 aliphatic heterocycles. The van der Waals surface area contributed by atoms with Gasteiger partial charge in [0.1, 0.15) is 5.75 Å². The largest absolute Gasteiger partial charge is 0.490 e. The van der Waals surface area contributed by atoms with E-state index in [0.29, 0.717) is 6.10 Å². The van der Waals surface area contributed by atoms with E-state index in [-0.39, 0.29) is 0 Å². The lowest BCUT2D eigenvalue weighted by Gasteiger charge is -2.28. The van der Waals surface area contributed by atoms with Crippen molar-refractivity contribution in [3.05, 3.63) is 30.3 Å². The van der Waals surface area contributed by atoms with Crippen LogP contribution in [0.3, 0.4) is 0 Å². The molecular formula is C14H20O. The molecule has 0 saturated heterocycles. The van der Waals surface area contributed by atoms with Gasteiger partial charge in [-0.15, -0.1) is 0 Å². The summed E-state index contributed by atoms with van der Waals surface area (Å²) in [7, 11) is 0. The number of hydrogen-bond donors (Lipinski definition) is 0. The Hall–Kier alpha value is -0.980. The van der Waals surface area contributed by atoms with Gasteiger partial charge in [-0.2, -0.15) is 0 Å². The van der Waals surface area contributed by atoms with Crippen molar-refractivity contribution < 1.29 is 4.74 Å². The van der Waals surface area contributed by atoms with Gasteiger partial charge in [0.05, 0.1) is 6.10 Å². The molecular weight excluding hydrogens is 184 g/mol. The first kappa shape index (κ1) is 10.5. The summed E-state index contributed by atoms with van der Waals surface area (Å²) >= 11 is 0. The van der Waals surface area contributed by atoms with Crippen LogP contribution in [0.25, 0.3) is 0 Å². The lowest BCUT2D eigenvalue weighted by Crippen LogP contribution is -2.23. The molecule has 2 rings (SSSR count). The molecule has 0 bridgehead atoms. The highest BCUT2D eigenvalue weighted by Gasteiger charge is 2.20. The minimum Gasteiger partial charge on any atom is -0.490 e. The molecule has 15 heavy (non-hydrogen) atoms. The second-order valence-corrected chi connectivity index (χ2v) is 4.48. The van der Waals surface area contributed by atoms with Gasteiger partial charge in [0.15, 0.2) is 0 Å². The van der Waals surface area contributed by atoms with Gasteiger partial charge in [-0.1, -0.05) is 31.5 Å². The maximum Gasteiger partial charge on any atom is 0.119 e. The van der Waals surface area contributed by atoms with Gasteiger partial charge in [0.2, 0.25) is 0 Å². The van der Waals surface area contributed by atoms with Crippen LogP contribution in [0, 0.1) is 5.92 Å². The van der Waals surface area contributed by atoms with Crippen LogP contribution in [-0.4, -0.2) is 6.10 Å². The summed E-state index contributed by atoms with van der Waals surface area (Å²) in [5, 5.41) is 0. The summed E-state index contributed by atoms with van der Waals surface area (Å²) in [6, 6.07) is 10.2. The standard InChI is InChI=1S/C14H20O/c1-2-12-8-10-14(11-9-12)15-13-6-4-3-5-7-13/h3-7,12,14H,2,8-11H2,1H3. The van der Waals surface area contributed by atoms with Crippen LogP contribution in [0.2, 0.25) is 0 Å². The Labute approximate surface area is 92.5 Å². The molecule has 0 amide bonds.